The molecule has 28 heavy (non-hydrogen) atoms. The molecule has 1 aliphatic heterocycles. The van der Waals surface area contributed by atoms with Gasteiger partial charge in [0.15, 0.2) is 0 Å². The predicted molar refractivity (Wildman–Crippen MR) is 109 cm³/mol. The van der Waals surface area contributed by atoms with Crippen LogP contribution < -0.4 is 16.6 Å². The molecule has 0 atom stereocenters. The molecule has 0 spiro atoms. The molecule has 0 amide bonds. The molecule has 10 heteroatoms. The van der Waals surface area contributed by atoms with Crippen LogP contribution in [-0.2, 0) is 10.0 Å². The zero-order valence-corrected chi connectivity index (χ0v) is 16.8. The van der Waals surface area contributed by atoms with Crippen LogP contribution in [0.3, 0.4) is 0 Å². The summed E-state index contributed by atoms with van der Waals surface area (Å²) in [5.74, 6) is 0.459. The van der Waals surface area contributed by atoms with E-state index in [0.29, 0.717) is 37.5 Å². The van der Waals surface area contributed by atoms with Crippen molar-refractivity contribution in [3.05, 3.63) is 22.6 Å². The predicted octanol–water partition coefficient (Wildman–Crippen LogP) is 1.32. The number of sulfonamides is 1. The zero-order valence-electron chi connectivity index (χ0n) is 16.0. The molecule has 1 saturated heterocycles. The van der Waals surface area contributed by atoms with Crippen molar-refractivity contribution in [2.45, 2.75) is 50.6 Å². The van der Waals surface area contributed by atoms with Gasteiger partial charge in [-0.15, -0.1) is 0 Å². The van der Waals surface area contributed by atoms with Crippen LogP contribution in [0.4, 0.5) is 11.6 Å². The second kappa shape index (κ2) is 7.32. The minimum atomic E-state index is -3.15. The molecule has 2 fully saturated rings. The van der Waals surface area contributed by atoms with Crippen molar-refractivity contribution in [2.75, 3.05) is 30.4 Å². The SMILES string of the molecule is CS(=O)(=O)N1CCC(Nc2ncc3cc(N)c(=O)n(C4CCCC4)c3n2)CC1. The van der Waals surface area contributed by atoms with Gasteiger partial charge in [-0.25, -0.2) is 17.7 Å². The van der Waals surface area contributed by atoms with Crippen molar-refractivity contribution < 1.29 is 8.42 Å². The molecule has 0 aromatic carbocycles. The highest BCUT2D eigenvalue weighted by Gasteiger charge is 2.26. The fourth-order valence-electron chi connectivity index (χ4n) is 4.23. The summed E-state index contributed by atoms with van der Waals surface area (Å²) in [6, 6.07) is 1.85. The van der Waals surface area contributed by atoms with Crippen LogP contribution >= 0.6 is 0 Å². The Labute approximate surface area is 164 Å². The van der Waals surface area contributed by atoms with Crippen molar-refractivity contribution in [1.82, 2.24) is 18.8 Å². The van der Waals surface area contributed by atoms with Gasteiger partial charge in [-0.05, 0) is 31.7 Å². The van der Waals surface area contributed by atoms with E-state index in [0.717, 1.165) is 31.1 Å². The van der Waals surface area contributed by atoms with E-state index in [9.17, 15) is 13.2 Å². The Morgan fingerprint density at radius 3 is 2.50 bits per heavy atom. The Balaban J connectivity index is 1.60. The lowest BCUT2D eigenvalue weighted by Crippen LogP contribution is -2.42. The van der Waals surface area contributed by atoms with Gasteiger partial charge in [-0.3, -0.25) is 9.36 Å². The number of anilines is 2. The maximum Gasteiger partial charge on any atom is 0.275 e. The highest BCUT2D eigenvalue weighted by atomic mass is 32.2. The lowest BCUT2D eigenvalue weighted by Gasteiger charge is -2.30. The second-order valence-electron chi connectivity index (χ2n) is 7.77. The van der Waals surface area contributed by atoms with Crippen LogP contribution in [0.5, 0.6) is 0 Å². The Bertz CT molecular complexity index is 1040. The van der Waals surface area contributed by atoms with Gasteiger partial charge in [0, 0.05) is 36.8 Å². The summed E-state index contributed by atoms with van der Waals surface area (Å²) in [5.41, 5.74) is 6.57. The molecule has 1 aliphatic carbocycles. The van der Waals surface area contributed by atoms with Gasteiger partial charge in [-0.2, -0.15) is 4.98 Å². The van der Waals surface area contributed by atoms with E-state index in [1.807, 2.05) is 0 Å². The average Bonchev–Trinajstić information content (AvgIpc) is 3.17. The van der Waals surface area contributed by atoms with Gasteiger partial charge in [0.05, 0.1) is 11.9 Å². The van der Waals surface area contributed by atoms with Gasteiger partial charge in [0.1, 0.15) is 5.65 Å². The minimum Gasteiger partial charge on any atom is -0.394 e. The van der Waals surface area contributed by atoms with Crippen molar-refractivity contribution >= 4 is 32.7 Å². The summed E-state index contributed by atoms with van der Waals surface area (Å²) >= 11 is 0. The fraction of sp³-hybridized carbons (Fsp3) is 0.611. The topological polar surface area (TPSA) is 123 Å². The Morgan fingerprint density at radius 1 is 1.18 bits per heavy atom. The number of fused-ring (bicyclic) bond motifs is 1. The zero-order chi connectivity index (χ0) is 19.9. The summed E-state index contributed by atoms with van der Waals surface area (Å²) in [7, 11) is -3.15. The molecule has 1 saturated carbocycles. The van der Waals surface area contributed by atoms with Crippen LogP contribution in [0.1, 0.15) is 44.6 Å². The third-order valence-corrected chi connectivity index (χ3v) is 7.05. The first-order chi connectivity index (χ1) is 13.3. The Hall–Kier alpha value is -2.20. The molecule has 0 unspecified atom stereocenters. The van der Waals surface area contributed by atoms with E-state index >= 15 is 0 Å². The number of nitrogens with two attached hydrogens (primary N) is 1. The van der Waals surface area contributed by atoms with Gasteiger partial charge in [-0.1, -0.05) is 12.8 Å². The summed E-state index contributed by atoms with van der Waals surface area (Å²) in [6.45, 7) is 0.959. The molecule has 4 rings (SSSR count). The number of rotatable bonds is 4. The van der Waals surface area contributed by atoms with Crippen LogP contribution in [-0.4, -0.2) is 52.6 Å². The number of nitrogens with zero attached hydrogens (tertiary/aromatic N) is 4. The van der Waals surface area contributed by atoms with E-state index in [1.54, 1.807) is 16.8 Å². The molecular formula is C18H26N6O3S. The van der Waals surface area contributed by atoms with Crippen molar-refractivity contribution in [2.24, 2.45) is 0 Å². The second-order valence-corrected chi connectivity index (χ2v) is 9.75. The average molecular weight is 407 g/mol. The first-order valence-corrected chi connectivity index (χ1v) is 11.6. The van der Waals surface area contributed by atoms with E-state index < -0.39 is 10.0 Å². The molecule has 3 heterocycles. The van der Waals surface area contributed by atoms with E-state index in [4.69, 9.17) is 5.73 Å². The number of hydrogen-bond donors (Lipinski definition) is 2. The quantitative estimate of drug-likeness (QED) is 0.785. The molecule has 0 bridgehead atoms. The van der Waals surface area contributed by atoms with Crippen molar-refractivity contribution in [3.63, 3.8) is 0 Å². The van der Waals surface area contributed by atoms with Gasteiger partial charge in [0.25, 0.3) is 5.56 Å². The standard InChI is InChI=1S/C18H26N6O3S/c1-28(26,27)23-8-6-13(7-9-23)21-18-20-11-12-10-15(19)17(25)24(16(12)22-18)14-4-2-3-5-14/h10-11,13-14H,2-9,19H2,1H3,(H,20,21,22). The molecule has 152 valence electrons. The van der Waals surface area contributed by atoms with Gasteiger partial charge >= 0.3 is 0 Å². The molecule has 2 aliphatic rings. The van der Waals surface area contributed by atoms with Crippen LogP contribution in [0.25, 0.3) is 11.0 Å². The first-order valence-electron chi connectivity index (χ1n) is 9.72. The summed E-state index contributed by atoms with van der Waals surface area (Å²) < 4.78 is 26.5. The van der Waals surface area contributed by atoms with Crippen molar-refractivity contribution in [1.29, 1.82) is 0 Å². The van der Waals surface area contributed by atoms with E-state index in [1.165, 1.54) is 10.6 Å². The number of piperidine rings is 1. The number of nitrogens with one attached hydrogen (secondary N) is 1. The monoisotopic (exact) mass is 406 g/mol. The van der Waals surface area contributed by atoms with Crippen molar-refractivity contribution in [3.8, 4) is 0 Å². The highest BCUT2D eigenvalue weighted by molar-refractivity contribution is 7.88. The molecular weight excluding hydrogens is 380 g/mol. The Kier molecular flexibility index (Phi) is 5.00. The van der Waals surface area contributed by atoms with E-state index in [2.05, 4.69) is 15.3 Å². The Morgan fingerprint density at radius 2 is 1.86 bits per heavy atom. The summed E-state index contributed by atoms with van der Waals surface area (Å²) in [6.07, 6.45) is 8.41. The number of nitrogen functional groups attached to an aromatic ring is 1. The van der Waals surface area contributed by atoms with Gasteiger partial charge in [0.2, 0.25) is 16.0 Å². The largest absolute Gasteiger partial charge is 0.394 e. The summed E-state index contributed by atoms with van der Waals surface area (Å²) in [5, 5.41) is 4.06. The van der Waals surface area contributed by atoms with Crippen LogP contribution in [0.15, 0.2) is 17.1 Å². The fourth-order valence-corrected chi connectivity index (χ4v) is 5.10. The number of hydrogen-bond acceptors (Lipinski definition) is 7. The third kappa shape index (κ3) is 3.70. The minimum absolute atomic E-state index is 0.0934. The molecule has 2 aromatic rings. The number of aromatic nitrogens is 3. The van der Waals surface area contributed by atoms with Crippen LogP contribution in [0, 0.1) is 0 Å². The molecule has 9 nitrogen and oxygen atoms in total. The normalized spacial score (nSPS) is 20.0. The molecule has 3 N–H and O–H groups in total. The first kappa shape index (κ1) is 19.1. The molecule has 2 aromatic heterocycles. The lowest BCUT2D eigenvalue weighted by atomic mass is 10.1. The highest BCUT2D eigenvalue weighted by Crippen LogP contribution is 2.31. The van der Waals surface area contributed by atoms with E-state index in [-0.39, 0.29) is 23.3 Å². The smallest absolute Gasteiger partial charge is 0.275 e. The maximum absolute atomic E-state index is 12.7. The van der Waals surface area contributed by atoms with Crippen LogP contribution in [0.2, 0.25) is 0 Å². The lowest BCUT2D eigenvalue weighted by molar-refractivity contribution is 0.331. The third-order valence-electron chi connectivity index (χ3n) is 5.75. The molecule has 0 radical (unpaired) electrons. The number of pyridine rings is 1. The maximum atomic E-state index is 12.7. The summed E-state index contributed by atoms with van der Waals surface area (Å²) in [4.78, 5) is 21.7. The van der Waals surface area contributed by atoms with Gasteiger partial charge < -0.3 is 11.1 Å².